The summed E-state index contributed by atoms with van der Waals surface area (Å²) in [6.45, 7) is 1.14. The summed E-state index contributed by atoms with van der Waals surface area (Å²) in [5.41, 5.74) is 5.11. The van der Waals surface area contributed by atoms with Crippen LogP contribution < -0.4 is 15.5 Å². The summed E-state index contributed by atoms with van der Waals surface area (Å²) < 4.78 is -0.518. The number of nitrogens with one attached hydrogen (secondary N) is 2. The molecule has 0 spiro atoms. The van der Waals surface area contributed by atoms with Gasteiger partial charge < -0.3 is 15.5 Å². The third kappa shape index (κ3) is 7.33. The van der Waals surface area contributed by atoms with Gasteiger partial charge in [0.05, 0.1) is 10.5 Å². The summed E-state index contributed by atoms with van der Waals surface area (Å²) in [4.78, 5) is 27.4. The molecule has 0 aliphatic rings. The molecule has 5 nitrogen and oxygen atoms in total. The van der Waals surface area contributed by atoms with E-state index < -0.39 is 4.75 Å². The Bertz CT molecular complexity index is 1250. The van der Waals surface area contributed by atoms with Gasteiger partial charge in [-0.15, -0.1) is 11.8 Å². The number of rotatable bonds is 13. The minimum Gasteiger partial charge on any atom is -0.378 e. The van der Waals surface area contributed by atoms with Crippen molar-refractivity contribution in [1.82, 2.24) is 10.6 Å². The molecule has 2 amide bonds. The van der Waals surface area contributed by atoms with Crippen molar-refractivity contribution >= 4 is 29.3 Å². The van der Waals surface area contributed by atoms with Gasteiger partial charge in [0, 0.05) is 38.4 Å². The summed E-state index contributed by atoms with van der Waals surface area (Å²) in [5.74, 6) is 0.241. The Morgan fingerprint density at radius 2 is 1.10 bits per heavy atom. The van der Waals surface area contributed by atoms with Gasteiger partial charge in [-0.05, 0) is 53.8 Å². The van der Waals surface area contributed by atoms with Gasteiger partial charge >= 0.3 is 0 Å². The molecule has 0 aliphatic heterocycles. The lowest BCUT2D eigenvalue weighted by atomic mass is 9.84. The van der Waals surface area contributed by atoms with E-state index in [-0.39, 0.29) is 11.8 Å². The van der Waals surface area contributed by atoms with Crippen LogP contribution in [0.25, 0.3) is 0 Å². The van der Waals surface area contributed by atoms with Gasteiger partial charge in [-0.1, -0.05) is 91.0 Å². The highest BCUT2D eigenvalue weighted by molar-refractivity contribution is 8.01. The zero-order valence-corrected chi connectivity index (χ0v) is 24.0. The summed E-state index contributed by atoms with van der Waals surface area (Å²) in [7, 11) is 3.94. The largest absolute Gasteiger partial charge is 0.378 e. The quantitative estimate of drug-likeness (QED) is 0.156. The molecule has 4 rings (SSSR count). The number of hydrogen-bond acceptors (Lipinski definition) is 4. The Balaban J connectivity index is 1.31. The second-order valence-corrected chi connectivity index (χ2v) is 11.0. The van der Waals surface area contributed by atoms with Crippen molar-refractivity contribution in [3.05, 3.63) is 138 Å². The Morgan fingerprint density at radius 3 is 1.55 bits per heavy atom. The second kappa shape index (κ2) is 14.4. The molecule has 0 fully saturated rings. The molecule has 0 atom stereocenters. The predicted octanol–water partition coefficient (Wildman–Crippen LogP) is 6.10. The maximum absolute atomic E-state index is 13.0. The van der Waals surface area contributed by atoms with Crippen LogP contribution in [-0.4, -0.2) is 44.8 Å². The molecule has 0 radical (unpaired) electrons. The van der Waals surface area contributed by atoms with Crippen molar-refractivity contribution in [2.45, 2.75) is 17.6 Å². The molecule has 2 N–H and O–H groups in total. The minimum absolute atomic E-state index is 0.00202. The van der Waals surface area contributed by atoms with Crippen molar-refractivity contribution in [3.63, 3.8) is 0 Å². The van der Waals surface area contributed by atoms with E-state index in [9.17, 15) is 9.59 Å². The first-order chi connectivity index (χ1) is 19.5. The number of benzene rings is 4. The van der Waals surface area contributed by atoms with E-state index in [4.69, 9.17) is 0 Å². The first-order valence-corrected chi connectivity index (χ1v) is 14.6. The van der Waals surface area contributed by atoms with E-state index in [2.05, 4.69) is 47.0 Å². The van der Waals surface area contributed by atoms with Crippen LogP contribution in [0.2, 0.25) is 0 Å². The van der Waals surface area contributed by atoms with Crippen molar-refractivity contribution < 1.29 is 9.59 Å². The van der Waals surface area contributed by atoms with E-state index >= 15 is 0 Å². The molecule has 0 aromatic heterocycles. The zero-order chi connectivity index (χ0) is 28.2. The fourth-order valence-electron chi connectivity index (χ4n) is 4.69. The number of hydrogen-bond donors (Lipinski definition) is 2. The SMILES string of the molecule is CN(C)c1ccc(C(=O)NCCCCNC(=O)CSC(c2ccccc2)(c2ccccc2)c2ccccc2)cc1. The number of unbranched alkanes of at least 4 members (excludes halogenated alkanes) is 1. The molecule has 0 saturated carbocycles. The van der Waals surface area contributed by atoms with Crippen LogP contribution >= 0.6 is 11.8 Å². The summed E-state index contributed by atoms with van der Waals surface area (Å²) >= 11 is 1.64. The molecule has 40 heavy (non-hydrogen) atoms. The molecule has 206 valence electrons. The van der Waals surface area contributed by atoms with E-state index in [1.807, 2.05) is 97.9 Å². The molecule has 6 heteroatoms. The van der Waals surface area contributed by atoms with Gasteiger partial charge in [0.1, 0.15) is 0 Å². The van der Waals surface area contributed by atoms with Crippen LogP contribution in [0.1, 0.15) is 39.9 Å². The Morgan fingerprint density at radius 1 is 0.650 bits per heavy atom. The van der Waals surface area contributed by atoms with Crippen LogP contribution in [0.3, 0.4) is 0 Å². The highest BCUT2D eigenvalue weighted by atomic mass is 32.2. The second-order valence-electron chi connectivity index (χ2n) is 9.82. The number of anilines is 1. The smallest absolute Gasteiger partial charge is 0.251 e. The van der Waals surface area contributed by atoms with Gasteiger partial charge in [0.2, 0.25) is 5.91 Å². The third-order valence-electron chi connectivity index (χ3n) is 6.82. The minimum atomic E-state index is -0.518. The zero-order valence-electron chi connectivity index (χ0n) is 23.2. The van der Waals surface area contributed by atoms with Crippen molar-refractivity contribution in [2.75, 3.05) is 37.8 Å². The van der Waals surface area contributed by atoms with E-state index in [1.165, 1.54) is 0 Å². The highest BCUT2D eigenvalue weighted by Crippen LogP contribution is 2.48. The summed E-state index contributed by atoms with van der Waals surface area (Å²) in [5, 5.41) is 6.04. The van der Waals surface area contributed by atoms with Crippen LogP contribution in [0.5, 0.6) is 0 Å². The summed E-state index contributed by atoms with van der Waals surface area (Å²) in [6.07, 6.45) is 1.58. The van der Waals surface area contributed by atoms with Gasteiger partial charge in [0.25, 0.3) is 5.91 Å². The fourth-order valence-corrected chi connectivity index (χ4v) is 6.04. The number of carbonyl (C=O) groups is 2. The monoisotopic (exact) mass is 551 g/mol. The van der Waals surface area contributed by atoms with Crippen LogP contribution in [0.15, 0.2) is 115 Å². The van der Waals surface area contributed by atoms with Crippen molar-refractivity contribution in [1.29, 1.82) is 0 Å². The Kier molecular flexibility index (Phi) is 10.4. The summed E-state index contributed by atoms with van der Waals surface area (Å²) in [6, 6.07) is 38.7. The molecular weight excluding hydrogens is 514 g/mol. The van der Waals surface area contributed by atoms with Crippen LogP contribution in [-0.2, 0) is 9.54 Å². The maximum Gasteiger partial charge on any atom is 0.251 e. The first-order valence-electron chi connectivity index (χ1n) is 13.6. The van der Waals surface area contributed by atoms with Gasteiger partial charge in [-0.3, -0.25) is 9.59 Å². The normalized spacial score (nSPS) is 11.1. The Hall–Kier alpha value is -4.03. The number of thioether (sulfide) groups is 1. The van der Waals surface area contributed by atoms with E-state index in [0.29, 0.717) is 24.4 Å². The molecule has 0 heterocycles. The lowest BCUT2D eigenvalue weighted by Gasteiger charge is -2.35. The van der Waals surface area contributed by atoms with Crippen LogP contribution in [0, 0.1) is 0 Å². The highest BCUT2D eigenvalue weighted by Gasteiger charge is 2.37. The lowest BCUT2D eigenvalue weighted by Crippen LogP contribution is -2.32. The number of carbonyl (C=O) groups excluding carboxylic acids is 2. The van der Waals surface area contributed by atoms with Crippen molar-refractivity contribution in [3.8, 4) is 0 Å². The van der Waals surface area contributed by atoms with E-state index in [0.717, 1.165) is 35.2 Å². The van der Waals surface area contributed by atoms with Gasteiger partial charge in [0.15, 0.2) is 0 Å². The fraction of sp³-hybridized carbons (Fsp3) is 0.235. The van der Waals surface area contributed by atoms with Crippen molar-refractivity contribution in [2.24, 2.45) is 0 Å². The maximum atomic E-state index is 13.0. The standard InChI is InChI=1S/C34H37N3O2S/c1-37(2)31-22-20-27(21-23-31)33(39)36-25-13-12-24-35-32(38)26-40-34(28-14-6-3-7-15-28,29-16-8-4-9-17-29)30-18-10-5-11-19-30/h3-11,14-23H,12-13,24-26H2,1-2H3,(H,35,38)(H,36,39). The topological polar surface area (TPSA) is 61.4 Å². The van der Waals surface area contributed by atoms with E-state index in [1.54, 1.807) is 11.8 Å². The molecule has 4 aromatic rings. The average molecular weight is 552 g/mol. The molecule has 0 unspecified atom stereocenters. The third-order valence-corrected chi connectivity index (χ3v) is 8.36. The molecule has 0 aliphatic carbocycles. The predicted molar refractivity (Wildman–Crippen MR) is 167 cm³/mol. The molecule has 4 aromatic carbocycles. The number of nitrogens with zero attached hydrogens (tertiary/aromatic N) is 1. The first kappa shape index (κ1) is 29.0. The molecule has 0 saturated heterocycles. The lowest BCUT2D eigenvalue weighted by molar-refractivity contribution is -0.118. The molecule has 0 bridgehead atoms. The number of amides is 2. The average Bonchev–Trinajstić information content (AvgIpc) is 3.01. The van der Waals surface area contributed by atoms with Crippen LogP contribution in [0.4, 0.5) is 5.69 Å². The molecular formula is C34H37N3O2S. The van der Waals surface area contributed by atoms with Gasteiger partial charge in [-0.25, -0.2) is 0 Å². The Labute approximate surface area is 242 Å². The van der Waals surface area contributed by atoms with Gasteiger partial charge in [-0.2, -0.15) is 0 Å².